The van der Waals surface area contributed by atoms with Gasteiger partial charge >= 0.3 is 5.56 Å². The van der Waals surface area contributed by atoms with Gasteiger partial charge in [0.05, 0.1) is 26.1 Å². The lowest BCUT2D eigenvalue weighted by atomic mass is 10.2. The highest BCUT2D eigenvalue weighted by Gasteiger charge is 2.13. The molecule has 1 aromatic carbocycles. The standard InChI is InChI=1S/C13H13ClN2O3/c1-18-11-8-15-16(13(17)12(11)19-2)10-5-3-4-9(6-10)7-14/h3-6,8H,7H2,1-2H3. The van der Waals surface area contributed by atoms with Crippen molar-refractivity contribution in [1.29, 1.82) is 0 Å². The Morgan fingerprint density at radius 1 is 1.32 bits per heavy atom. The maximum absolute atomic E-state index is 12.2. The van der Waals surface area contributed by atoms with Gasteiger partial charge in [0, 0.05) is 5.88 Å². The largest absolute Gasteiger partial charge is 0.491 e. The minimum atomic E-state index is -0.381. The molecule has 0 N–H and O–H groups in total. The second-order valence-corrected chi connectivity index (χ2v) is 4.03. The van der Waals surface area contributed by atoms with Crippen LogP contribution < -0.4 is 15.0 Å². The van der Waals surface area contributed by atoms with E-state index in [1.165, 1.54) is 25.1 Å². The highest BCUT2D eigenvalue weighted by molar-refractivity contribution is 6.17. The molecule has 2 aromatic rings. The van der Waals surface area contributed by atoms with Gasteiger partial charge in [0.1, 0.15) is 0 Å². The summed E-state index contributed by atoms with van der Waals surface area (Å²) in [6.07, 6.45) is 1.44. The predicted octanol–water partition coefficient (Wildman–Crippen LogP) is 1.99. The fourth-order valence-electron chi connectivity index (χ4n) is 1.71. The summed E-state index contributed by atoms with van der Waals surface area (Å²) in [6, 6.07) is 7.27. The SMILES string of the molecule is COc1cnn(-c2cccc(CCl)c2)c(=O)c1OC. The first-order chi connectivity index (χ1) is 9.21. The number of rotatable bonds is 4. The molecule has 0 spiro atoms. The van der Waals surface area contributed by atoms with E-state index in [4.69, 9.17) is 21.1 Å². The molecule has 100 valence electrons. The Hall–Kier alpha value is -2.01. The zero-order chi connectivity index (χ0) is 13.8. The van der Waals surface area contributed by atoms with Crippen molar-refractivity contribution < 1.29 is 9.47 Å². The van der Waals surface area contributed by atoms with Crippen molar-refractivity contribution >= 4 is 11.6 Å². The van der Waals surface area contributed by atoms with E-state index in [2.05, 4.69) is 5.10 Å². The number of methoxy groups -OCH3 is 2. The first kappa shape index (κ1) is 13.4. The second kappa shape index (κ2) is 5.75. The molecule has 1 heterocycles. The van der Waals surface area contributed by atoms with E-state index < -0.39 is 0 Å². The van der Waals surface area contributed by atoms with Crippen LogP contribution >= 0.6 is 11.6 Å². The minimum absolute atomic E-state index is 0.119. The molecule has 6 heteroatoms. The van der Waals surface area contributed by atoms with E-state index in [0.29, 0.717) is 17.3 Å². The maximum atomic E-state index is 12.2. The molecule has 0 amide bonds. The smallest absolute Gasteiger partial charge is 0.317 e. The van der Waals surface area contributed by atoms with Crippen LogP contribution in [0.25, 0.3) is 5.69 Å². The van der Waals surface area contributed by atoms with E-state index in [9.17, 15) is 4.79 Å². The van der Waals surface area contributed by atoms with E-state index in [-0.39, 0.29) is 11.3 Å². The van der Waals surface area contributed by atoms with Crippen molar-refractivity contribution in [2.45, 2.75) is 5.88 Å². The number of ether oxygens (including phenoxy) is 2. The van der Waals surface area contributed by atoms with Crippen molar-refractivity contribution in [3.63, 3.8) is 0 Å². The van der Waals surface area contributed by atoms with Gasteiger partial charge in [-0.15, -0.1) is 11.6 Å². The van der Waals surface area contributed by atoms with Crippen molar-refractivity contribution in [2.24, 2.45) is 0 Å². The molecule has 0 bridgehead atoms. The molecule has 0 unspecified atom stereocenters. The van der Waals surface area contributed by atoms with Gasteiger partial charge in [0.15, 0.2) is 5.75 Å². The van der Waals surface area contributed by atoms with E-state index >= 15 is 0 Å². The Balaban J connectivity index is 2.59. The van der Waals surface area contributed by atoms with Gasteiger partial charge in [-0.1, -0.05) is 12.1 Å². The fraction of sp³-hybridized carbons (Fsp3) is 0.231. The summed E-state index contributed by atoms with van der Waals surface area (Å²) in [7, 11) is 2.87. The Kier molecular flexibility index (Phi) is 4.06. The highest BCUT2D eigenvalue weighted by Crippen LogP contribution is 2.21. The average molecular weight is 281 g/mol. The highest BCUT2D eigenvalue weighted by atomic mass is 35.5. The Labute approximate surface area is 115 Å². The molecule has 0 saturated carbocycles. The summed E-state index contributed by atoms with van der Waals surface area (Å²) in [5.41, 5.74) is 1.15. The molecule has 2 rings (SSSR count). The lowest BCUT2D eigenvalue weighted by Crippen LogP contribution is -2.22. The Morgan fingerprint density at radius 2 is 2.11 bits per heavy atom. The van der Waals surface area contributed by atoms with Gasteiger partial charge in [-0.25, -0.2) is 0 Å². The fourth-order valence-corrected chi connectivity index (χ4v) is 1.88. The zero-order valence-corrected chi connectivity index (χ0v) is 11.3. The zero-order valence-electron chi connectivity index (χ0n) is 10.6. The first-order valence-corrected chi connectivity index (χ1v) is 6.10. The average Bonchev–Trinajstić information content (AvgIpc) is 2.46. The number of alkyl halides is 1. The third-order valence-electron chi connectivity index (χ3n) is 2.63. The minimum Gasteiger partial charge on any atom is -0.491 e. The van der Waals surface area contributed by atoms with Crippen LogP contribution in [-0.2, 0) is 5.88 Å². The van der Waals surface area contributed by atoms with E-state index in [1.807, 2.05) is 12.1 Å². The molecule has 0 aliphatic carbocycles. The van der Waals surface area contributed by atoms with Crippen LogP contribution in [0.2, 0.25) is 0 Å². The monoisotopic (exact) mass is 280 g/mol. The molecule has 5 nitrogen and oxygen atoms in total. The Bertz CT molecular complexity index is 640. The normalized spacial score (nSPS) is 10.3. The van der Waals surface area contributed by atoms with E-state index in [1.54, 1.807) is 12.1 Å². The molecule has 0 aliphatic heterocycles. The lowest BCUT2D eigenvalue weighted by molar-refractivity contribution is 0.344. The third-order valence-corrected chi connectivity index (χ3v) is 2.94. The number of hydrogen-bond donors (Lipinski definition) is 0. The molecule has 19 heavy (non-hydrogen) atoms. The van der Waals surface area contributed by atoms with Crippen LogP contribution in [0.3, 0.4) is 0 Å². The summed E-state index contributed by atoms with van der Waals surface area (Å²) in [4.78, 5) is 12.2. The van der Waals surface area contributed by atoms with Gasteiger partial charge in [-0.2, -0.15) is 9.78 Å². The topological polar surface area (TPSA) is 53.4 Å². The van der Waals surface area contributed by atoms with Crippen LogP contribution in [0.4, 0.5) is 0 Å². The summed E-state index contributed by atoms with van der Waals surface area (Å²) in [5, 5.41) is 4.06. The molecule has 0 radical (unpaired) electrons. The quantitative estimate of drug-likeness (QED) is 0.804. The van der Waals surface area contributed by atoms with Crippen LogP contribution in [0.5, 0.6) is 11.5 Å². The van der Waals surface area contributed by atoms with Gasteiger partial charge in [0.2, 0.25) is 5.75 Å². The Morgan fingerprint density at radius 3 is 2.74 bits per heavy atom. The number of benzene rings is 1. The van der Waals surface area contributed by atoms with Crippen molar-refractivity contribution in [2.75, 3.05) is 14.2 Å². The van der Waals surface area contributed by atoms with Gasteiger partial charge in [-0.3, -0.25) is 4.79 Å². The van der Waals surface area contributed by atoms with Gasteiger partial charge < -0.3 is 9.47 Å². The van der Waals surface area contributed by atoms with Crippen molar-refractivity contribution in [3.8, 4) is 17.2 Å². The van der Waals surface area contributed by atoms with Crippen LogP contribution in [0, 0.1) is 0 Å². The van der Waals surface area contributed by atoms with Crippen molar-refractivity contribution in [1.82, 2.24) is 9.78 Å². The second-order valence-electron chi connectivity index (χ2n) is 3.77. The van der Waals surface area contributed by atoms with Crippen LogP contribution in [-0.4, -0.2) is 24.0 Å². The number of hydrogen-bond acceptors (Lipinski definition) is 4. The molecular formula is C13H13ClN2O3. The predicted molar refractivity (Wildman–Crippen MR) is 72.5 cm³/mol. The molecular weight excluding hydrogens is 268 g/mol. The van der Waals surface area contributed by atoms with Crippen LogP contribution in [0.1, 0.15) is 5.56 Å². The van der Waals surface area contributed by atoms with Gasteiger partial charge in [0.25, 0.3) is 0 Å². The third kappa shape index (κ3) is 2.56. The number of halogens is 1. The molecule has 0 fully saturated rings. The summed E-state index contributed by atoms with van der Waals surface area (Å²) >= 11 is 5.78. The molecule has 0 saturated heterocycles. The molecule has 1 aromatic heterocycles. The van der Waals surface area contributed by atoms with Crippen LogP contribution in [0.15, 0.2) is 35.3 Å². The van der Waals surface area contributed by atoms with Crippen molar-refractivity contribution in [3.05, 3.63) is 46.4 Å². The summed E-state index contributed by atoms with van der Waals surface area (Å²) in [5.74, 6) is 0.793. The molecule has 0 atom stereocenters. The molecule has 0 aliphatic rings. The lowest BCUT2D eigenvalue weighted by Gasteiger charge is -2.10. The first-order valence-electron chi connectivity index (χ1n) is 5.57. The van der Waals surface area contributed by atoms with Gasteiger partial charge in [-0.05, 0) is 17.7 Å². The summed E-state index contributed by atoms with van der Waals surface area (Å²) in [6.45, 7) is 0. The summed E-state index contributed by atoms with van der Waals surface area (Å²) < 4.78 is 11.3. The maximum Gasteiger partial charge on any atom is 0.317 e. The van der Waals surface area contributed by atoms with E-state index in [0.717, 1.165) is 5.56 Å². The number of nitrogens with zero attached hydrogens (tertiary/aromatic N) is 2. The number of aromatic nitrogens is 2.